The molecule has 1 aliphatic rings. The molecular formula is C54H52N4O11S. The maximum absolute atomic E-state index is 15.0. The molecule has 0 aliphatic carbocycles. The lowest BCUT2D eigenvalue weighted by atomic mass is 9.77. The SMILES string of the molecule is COCCOCOc1cc(C(ON=S2C=C(CC(=O)O)NC2=NC(c2ccccc2)(c2ccccc2)c2ccccc2)C(=O)OC(c2ccccc2)c2ccccc2)cc(C#N)c1OCOCCOC. The van der Waals surface area contributed by atoms with Crippen molar-refractivity contribution in [2.45, 2.75) is 24.2 Å². The molecule has 0 fully saturated rings. The van der Waals surface area contributed by atoms with E-state index < -0.39 is 40.4 Å². The second-order valence-corrected chi connectivity index (χ2v) is 16.8. The van der Waals surface area contributed by atoms with Gasteiger partial charge in [-0.3, -0.25) is 4.79 Å². The third kappa shape index (κ3) is 13.0. The van der Waals surface area contributed by atoms with Gasteiger partial charge < -0.3 is 43.6 Å². The van der Waals surface area contributed by atoms with Crippen molar-refractivity contribution in [3.8, 4) is 17.6 Å². The lowest BCUT2D eigenvalue weighted by Gasteiger charge is -2.32. The van der Waals surface area contributed by atoms with Gasteiger partial charge >= 0.3 is 11.9 Å². The number of ether oxygens (including phenoxy) is 7. The number of aliphatic imine (C=N–C) groups is 1. The number of carboxylic acid groups (broad SMARTS) is 1. The Morgan fingerprint density at radius 1 is 0.686 bits per heavy atom. The predicted octanol–water partition coefficient (Wildman–Crippen LogP) is 8.93. The molecule has 0 saturated heterocycles. The first-order valence-electron chi connectivity index (χ1n) is 22.2. The van der Waals surface area contributed by atoms with Crippen LogP contribution in [-0.2, 0) is 54.3 Å². The van der Waals surface area contributed by atoms with Crippen molar-refractivity contribution < 1.29 is 52.7 Å². The van der Waals surface area contributed by atoms with Gasteiger partial charge in [0.15, 0.2) is 36.4 Å². The molecule has 0 bridgehead atoms. The number of nitrogens with zero attached hydrogens (tertiary/aromatic N) is 3. The molecule has 16 heteroatoms. The molecule has 2 N–H and O–H groups in total. The van der Waals surface area contributed by atoms with Crippen LogP contribution in [0.5, 0.6) is 11.5 Å². The Balaban J connectivity index is 1.38. The highest BCUT2D eigenvalue weighted by Gasteiger charge is 2.39. The molecule has 0 saturated carbocycles. The number of carbonyl (C=O) groups is 2. The molecule has 7 rings (SSSR count). The number of nitriles is 1. The average molecular weight is 965 g/mol. The van der Waals surface area contributed by atoms with E-state index >= 15 is 4.79 Å². The minimum absolute atomic E-state index is 0.0196. The van der Waals surface area contributed by atoms with Crippen LogP contribution in [0.4, 0.5) is 0 Å². The van der Waals surface area contributed by atoms with Gasteiger partial charge in [0.1, 0.15) is 11.6 Å². The van der Waals surface area contributed by atoms with Crippen LogP contribution < -0.4 is 14.8 Å². The van der Waals surface area contributed by atoms with E-state index in [1.54, 1.807) is 19.6 Å². The van der Waals surface area contributed by atoms with Gasteiger partial charge in [0, 0.05) is 41.6 Å². The maximum Gasteiger partial charge on any atom is 0.343 e. The number of carbonyl (C=O) groups excluding carboxylic acids is 1. The van der Waals surface area contributed by atoms with Gasteiger partial charge in [0.05, 0.1) is 38.4 Å². The largest absolute Gasteiger partial charge is 0.481 e. The number of esters is 1. The van der Waals surface area contributed by atoms with E-state index in [4.69, 9.17) is 47.5 Å². The number of benzene rings is 6. The lowest BCUT2D eigenvalue weighted by Crippen LogP contribution is -2.32. The zero-order valence-corrected chi connectivity index (χ0v) is 39.4. The number of rotatable bonds is 25. The summed E-state index contributed by atoms with van der Waals surface area (Å²) in [7, 11) is 1.60. The van der Waals surface area contributed by atoms with E-state index in [1.807, 2.05) is 152 Å². The maximum atomic E-state index is 15.0. The highest BCUT2D eigenvalue weighted by molar-refractivity contribution is 8.05. The zero-order chi connectivity index (χ0) is 49.0. The first kappa shape index (κ1) is 50.4. The highest BCUT2D eigenvalue weighted by Crippen LogP contribution is 2.42. The minimum Gasteiger partial charge on any atom is -0.481 e. The normalized spacial score (nSPS) is 14.4. The summed E-state index contributed by atoms with van der Waals surface area (Å²) >= 11 is 0. The van der Waals surface area contributed by atoms with E-state index in [0.29, 0.717) is 30.0 Å². The molecule has 1 aliphatic heterocycles. The summed E-state index contributed by atoms with van der Waals surface area (Å²) in [6.07, 6.45) is -2.94. The Hall–Kier alpha value is -7.49. The summed E-state index contributed by atoms with van der Waals surface area (Å²) in [6.45, 7) is 0.487. The summed E-state index contributed by atoms with van der Waals surface area (Å²) in [6, 6.07) is 52.7. The van der Waals surface area contributed by atoms with Crippen LogP contribution in [0.2, 0.25) is 0 Å². The summed E-state index contributed by atoms with van der Waals surface area (Å²) < 4.78 is 44.5. The van der Waals surface area contributed by atoms with Crippen LogP contribution in [0.1, 0.15) is 57.6 Å². The van der Waals surface area contributed by atoms with Crippen LogP contribution >= 0.6 is 0 Å². The third-order valence-corrected chi connectivity index (χ3v) is 12.1. The monoisotopic (exact) mass is 964 g/mol. The standard InChI is InChI=1S/C54H52N4O11S/c1-62-28-30-64-37-66-47-33-41(32-42(35-55)50(47)67-38-65-31-29-63-2)51(52(61)68-49(39-18-8-3-9-19-39)40-20-10-4-11-21-40)69-58-70-36-46(34-48(59)60)56-53(70)57-54(43-22-12-5-13-23-43,44-24-14-6-15-25-44)45-26-16-7-17-27-45/h3-27,32-33,36,49,51H,28-31,34,37-38H2,1-2H3,(H,56,57)(H,59,60). The number of hydrogen-bond acceptors (Lipinski definition) is 13. The fourth-order valence-electron chi connectivity index (χ4n) is 7.49. The fraction of sp³-hybridized carbons (Fsp3) is 0.222. The number of aliphatic carboxylic acids is 1. The molecule has 15 nitrogen and oxygen atoms in total. The average Bonchev–Trinajstić information content (AvgIpc) is 3.77. The van der Waals surface area contributed by atoms with Crippen molar-refractivity contribution in [1.82, 2.24) is 5.32 Å². The molecule has 2 unspecified atom stereocenters. The van der Waals surface area contributed by atoms with Crippen LogP contribution in [0, 0.1) is 11.3 Å². The number of methoxy groups -OCH3 is 2. The molecule has 0 radical (unpaired) electrons. The van der Waals surface area contributed by atoms with E-state index in [9.17, 15) is 15.2 Å². The smallest absolute Gasteiger partial charge is 0.343 e. The molecule has 0 amide bonds. The number of amidine groups is 1. The first-order chi connectivity index (χ1) is 34.3. The third-order valence-electron chi connectivity index (χ3n) is 10.7. The molecule has 70 heavy (non-hydrogen) atoms. The van der Waals surface area contributed by atoms with Crippen molar-refractivity contribution >= 4 is 27.8 Å². The van der Waals surface area contributed by atoms with Crippen LogP contribution in [0.3, 0.4) is 0 Å². The summed E-state index contributed by atoms with van der Waals surface area (Å²) in [4.78, 5) is 39.1. The lowest BCUT2D eigenvalue weighted by molar-refractivity contribution is -0.161. The quantitative estimate of drug-likeness (QED) is 0.0182. The summed E-state index contributed by atoms with van der Waals surface area (Å²) in [5.74, 6) is -1.92. The van der Waals surface area contributed by atoms with Crippen LogP contribution in [0.25, 0.3) is 0 Å². The molecule has 360 valence electrons. The van der Waals surface area contributed by atoms with Crippen LogP contribution in [-0.4, -0.2) is 76.4 Å². The van der Waals surface area contributed by atoms with Gasteiger partial charge in [-0.15, -0.1) is 0 Å². The summed E-state index contributed by atoms with van der Waals surface area (Å²) in [5.41, 5.74) is 3.03. The zero-order valence-electron chi connectivity index (χ0n) is 38.5. The van der Waals surface area contributed by atoms with Crippen molar-refractivity contribution in [2.75, 3.05) is 54.2 Å². The van der Waals surface area contributed by atoms with Crippen molar-refractivity contribution in [2.24, 2.45) is 9.52 Å². The Morgan fingerprint density at radius 3 is 1.67 bits per heavy atom. The number of hydrogen-bond donors (Lipinski definition) is 2. The predicted molar refractivity (Wildman–Crippen MR) is 262 cm³/mol. The molecule has 2 atom stereocenters. The van der Waals surface area contributed by atoms with E-state index in [2.05, 4.69) is 11.4 Å². The van der Waals surface area contributed by atoms with Gasteiger partial charge in [0.25, 0.3) is 0 Å². The number of nitrogens with one attached hydrogen (secondary N) is 1. The van der Waals surface area contributed by atoms with Crippen molar-refractivity contribution in [3.63, 3.8) is 0 Å². The second-order valence-electron chi connectivity index (χ2n) is 15.4. The molecule has 0 aromatic heterocycles. The molecule has 6 aromatic rings. The molecule has 6 aromatic carbocycles. The number of carboxylic acids is 1. The van der Waals surface area contributed by atoms with Crippen LogP contribution in [0.15, 0.2) is 184 Å². The first-order valence-corrected chi connectivity index (χ1v) is 23.4. The Kier molecular flexibility index (Phi) is 18.5. The fourth-order valence-corrected chi connectivity index (χ4v) is 8.77. The molecular weight excluding hydrogens is 913 g/mol. The highest BCUT2D eigenvalue weighted by atomic mass is 32.2. The second kappa shape index (κ2) is 25.8. The van der Waals surface area contributed by atoms with E-state index in [0.717, 1.165) is 16.7 Å². The van der Waals surface area contributed by atoms with Gasteiger partial charge in [-0.05, 0) is 39.9 Å². The molecule has 0 spiro atoms. The Morgan fingerprint density at radius 2 is 1.19 bits per heavy atom. The van der Waals surface area contributed by atoms with Gasteiger partial charge in [0.2, 0.25) is 6.10 Å². The van der Waals surface area contributed by atoms with E-state index in [1.165, 1.54) is 12.1 Å². The van der Waals surface area contributed by atoms with Crippen molar-refractivity contribution in [3.05, 3.63) is 214 Å². The van der Waals surface area contributed by atoms with Crippen molar-refractivity contribution in [1.29, 1.82) is 5.26 Å². The van der Waals surface area contributed by atoms with Gasteiger partial charge in [-0.1, -0.05) is 156 Å². The topological polar surface area (TPSA) is 189 Å². The Bertz CT molecular complexity index is 2640. The Labute approximate surface area is 408 Å². The van der Waals surface area contributed by atoms with Gasteiger partial charge in [-0.2, -0.15) is 5.26 Å². The minimum atomic E-state index is -1.65. The van der Waals surface area contributed by atoms with Gasteiger partial charge in [-0.25, -0.2) is 14.6 Å². The molecule has 1 heterocycles. The summed E-state index contributed by atoms with van der Waals surface area (Å²) in [5, 5.41) is 25.7. The van der Waals surface area contributed by atoms with E-state index in [-0.39, 0.29) is 61.0 Å².